The van der Waals surface area contributed by atoms with Crippen LogP contribution in [0.2, 0.25) is 0 Å². The number of hydrogen-bond donors (Lipinski definition) is 2. The minimum Gasteiger partial charge on any atom is -0.494 e. The van der Waals surface area contributed by atoms with Crippen LogP contribution >= 0.6 is 0 Å². The first-order valence-corrected chi connectivity index (χ1v) is 11.0. The number of sulfonamides is 1. The number of benzene rings is 2. The number of nitrogens with one attached hydrogen (secondary N) is 1. The summed E-state index contributed by atoms with van der Waals surface area (Å²) in [5.41, 5.74) is 3.33. The minimum absolute atomic E-state index is 0.0439. The molecule has 0 fully saturated rings. The molecule has 7 nitrogen and oxygen atoms in total. The Balaban J connectivity index is 1.85. The highest BCUT2D eigenvalue weighted by Crippen LogP contribution is 2.35. The number of nitrogens with two attached hydrogens (primary N) is 1. The number of hydrogen-bond acceptors (Lipinski definition) is 5. The van der Waals surface area contributed by atoms with E-state index in [1.54, 1.807) is 19.9 Å². The van der Waals surface area contributed by atoms with Gasteiger partial charge in [-0.25, -0.2) is 13.6 Å². The van der Waals surface area contributed by atoms with Crippen LogP contribution in [0.3, 0.4) is 0 Å². The van der Waals surface area contributed by atoms with E-state index in [1.165, 1.54) is 6.07 Å². The summed E-state index contributed by atoms with van der Waals surface area (Å²) < 4.78 is 35.2. The lowest BCUT2D eigenvalue weighted by atomic mass is 10.0. The predicted octanol–water partition coefficient (Wildman–Crippen LogP) is 2.60. The van der Waals surface area contributed by atoms with Crippen molar-refractivity contribution in [3.63, 3.8) is 0 Å². The standard InChI is InChI=1S/C21H26N2O5S/c1-5-27-18-8-15-7-13(3)28-19(15)9-17(18)11-23-21(24)16-6-12(2)14(4)20(10-16)29(22,25)26/h6,8-10,13H,5,7,11H2,1-4H3,(H,23,24)(H2,22,25,26)/t13-/m1/s1. The van der Waals surface area contributed by atoms with Crippen LogP contribution < -0.4 is 19.9 Å². The second-order valence-electron chi connectivity index (χ2n) is 7.28. The van der Waals surface area contributed by atoms with Crippen LogP contribution in [0.15, 0.2) is 29.2 Å². The molecule has 156 valence electrons. The van der Waals surface area contributed by atoms with Gasteiger partial charge in [0.05, 0.1) is 11.5 Å². The van der Waals surface area contributed by atoms with E-state index in [0.29, 0.717) is 23.5 Å². The Morgan fingerprint density at radius 2 is 2.00 bits per heavy atom. The molecule has 0 saturated carbocycles. The Morgan fingerprint density at radius 1 is 1.28 bits per heavy atom. The van der Waals surface area contributed by atoms with Crippen molar-refractivity contribution in [3.8, 4) is 11.5 Å². The molecule has 3 rings (SSSR count). The maximum absolute atomic E-state index is 12.7. The third kappa shape index (κ3) is 4.54. The van der Waals surface area contributed by atoms with Gasteiger partial charge in [-0.3, -0.25) is 4.79 Å². The van der Waals surface area contributed by atoms with Crippen molar-refractivity contribution in [3.05, 3.63) is 52.1 Å². The molecular formula is C21H26N2O5S. The molecule has 2 aromatic carbocycles. The Labute approximate surface area is 171 Å². The Bertz CT molecular complexity index is 1060. The zero-order chi connectivity index (χ0) is 21.3. The van der Waals surface area contributed by atoms with Crippen molar-refractivity contribution in [2.75, 3.05) is 6.61 Å². The van der Waals surface area contributed by atoms with Gasteiger partial charge in [0, 0.05) is 29.7 Å². The van der Waals surface area contributed by atoms with Gasteiger partial charge in [0.15, 0.2) is 0 Å². The average molecular weight is 419 g/mol. The molecule has 29 heavy (non-hydrogen) atoms. The lowest BCUT2D eigenvalue weighted by Gasteiger charge is -2.14. The number of aryl methyl sites for hydroxylation is 1. The van der Waals surface area contributed by atoms with Crippen LogP contribution in [0, 0.1) is 13.8 Å². The van der Waals surface area contributed by atoms with E-state index in [-0.39, 0.29) is 23.1 Å². The first-order valence-electron chi connectivity index (χ1n) is 9.47. The summed E-state index contributed by atoms with van der Waals surface area (Å²) in [5, 5.41) is 8.12. The molecule has 1 atom stereocenters. The fraction of sp³-hybridized carbons (Fsp3) is 0.381. The van der Waals surface area contributed by atoms with E-state index in [4.69, 9.17) is 14.6 Å². The number of carbonyl (C=O) groups excluding carboxylic acids is 1. The molecule has 0 radical (unpaired) electrons. The normalized spacial score (nSPS) is 15.6. The molecule has 0 aromatic heterocycles. The molecule has 1 amide bonds. The number of fused-ring (bicyclic) bond motifs is 1. The predicted molar refractivity (Wildman–Crippen MR) is 110 cm³/mol. The van der Waals surface area contributed by atoms with E-state index < -0.39 is 15.9 Å². The van der Waals surface area contributed by atoms with Crippen LogP contribution in [0.5, 0.6) is 11.5 Å². The molecular weight excluding hydrogens is 392 g/mol. The summed E-state index contributed by atoms with van der Waals surface area (Å²) in [6, 6.07) is 6.81. The molecule has 0 bridgehead atoms. The van der Waals surface area contributed by atoms with E-state index in [9.17, 15) is 13.2 Å². The number of carbonyl (C=O) groups is 1. The quantitative estimate of drug-likeness (QED) is 0.750. The van der Waals surface area contributed by atoms with Crippen LogP contribution in [-0.2, 0) is 23.0 Å². The molecule has 1 heterocycles. The second kappa shape index (κ2) is 8.04. The molecule has 8 heteroatoms. The van der Waals surface area contributed by atoms with E-state index in [0.717, 1.165) is 23.3 Å². The van der Waals surface area contributed by atoms with Gasteiger partial charge in [0.2, 0.25) is 10.0 Å². The minimum atomic E-state index is -3.92. The highest BCUT2D eigenvalue weighted by molar-refractivity contribution is 7.89. The zero-order valence-corrected chi connectivity index (χ0v) is 17.9. The van der Waals surface area contributed by atoms with Crippen LogP contribution in [0.25, 0.3) is 0 Å². The summed E-state index contributed by atoms with van der Waals surface area (Å²) in [6.07, 6.45) is 0.928. The zero-order valence-electron chi connectivity index (χ0n) is 17.0. The van der Waals surface area contributed by atoms with Crippen molar-refractivity contribution >= 4 is 15.9 Å². The Morgan fingerprint density at radius 3 is 2.66 bits per heavy atom. The summed E-state index contributed by atoms with van der Waals surface area (Å²) in [4.78, 5) is 12.7. The fourth-order valence-electron chi connectivity index (χ4n) is 3.44. The second-order valence-corrected chi connectivity index (χ2v) is 8.81. The Kier molecular flexibility index (Phi) is 5.86. The van der Waals surface area contributed by atoms with Gasteiger partial charge in [-0.1, -0.05) is 0 Å². The number of primary sulfonamides is 1. The third-order valence-corrected chi connectivity index (χ3v) is 6.04. The summed E-state index contributed by atoms with van der Waals surface area (Å²) in [5.74, 6) is 1.11. The Hall–Kier alpha value is -2.58. The number of rotatable bonds is 6. The molecule has 1 aliphatic rings. The highest BCUT2D eigenvalue weighted by atomic mass is 32.2. The third-order valence-electron chi connectivity index (χ3n) is 5.01. The van der Waals surface area contributed by atoms with E-state index in [1.807, 2.05) is 26.0 Å². The first kappa shape index (κ1) is 21.1. The maximum Gasteiger partial charge on any atom is 0.251 e. The topological polar surface area (TPSA) is 108 Å². The van der Waals surface area contributed by atoms with Gasteiger partial charge >= 0.3 is 0 Å². The SMILES string of the molecule is CCOc1cc2c(cc1CNC(=O)c1cc(C)c(C)c(S(N)(=O)=O)c1)O[C@H](C)C2. The summed E-state index contributed by atoms with van der Waals surface area (Å²) in [7, 11) is -3.92. The number of ether oxygens (including phenoxy) is 2. The average Bonchev–Trinajstić information content (AvgIpc) is 2.99. The van der Waals surface area contributed by atoms with Gasteiger partial charge in [0.1, 0.15) is 17.6 Å². The van der Waals surface area contributed by atoms with Crippen molar-refractivity contribution in [1.82, 2.24) is 5.32 Å². The molecule has 0 saturated heterocycles. The monoisotopic (exact) mass is 418 g/mol. The molecule has 0 unspecified atom stereocenters. The number of amides is 1. The largest absolute Gasteiger partial charge is 0.494 e. The molecule has 0 aliphatic carbocycles. The fourth-order valence-corrected chi connectivity index (χ4v) is 4.32. The van der Waals surface area contributed by atoms with Crippen LogP contribution in [0.4, 0.5) is 0 Å². The van der Waals surface area contributed by atoms with Crippen molar-refractivity contribution in [2.24, 2.45) is 5.14 Å². The van der Waals surface area contributed by atoms with Gasteiger partial charge in [-0.05, 0) is 63.1 Å². The lowest BCUT2D eigenvalue weighted by Crippen LogP contribution is -2.24. The van der Waals surface area contributed by atoms with Gasteiger partial charge < -0.3 is 14.8 Å². The van der Waals surface area contributed by atoms with Crippen LogP contribution in [0.1, 0.15) is 46.5 Å². The summed E-state index contributed by atoms with van der Waals surface area (Å²) >= 11 is 0. The van der Waals surface area contributed by atoms with Crippen LogP contribution in [-0.4, -0.2) is 27.0 Å². The van der Waals surface area contributed by atoms with Crippen molar-refractivity contribution in [1.29, 1.82) is 0 Å². The van der Waals surface area contributed by atoms with Gasteiger partial charge in [-0.2, -0.15) is 0 Å². The van der Waals surface area contributed by atoms with Crippen molar-refractivity contribution < 1.29 is 22.7 Å². The van der Waals surface area contributed by atoms with Gasteiger partial charge in [0.25, 0.3) is 5.91 Å². The highest BCUT2D eigenvalue weighted by Gasteiger charge is 2.22. The van der Waals surface area contributed by atoms with E-state index in [2.05, 4.69) is 5.32 Å². The molecule has 3 N–H and O–H groups in total. The molecule has 2 aromatic rings. The smallest absolute Gasteiger partial charge is 0.251 e. The van der Waals surface area contributed by atoms with Crippen molar-refractivity contribution in [2.45, 2.75) is 51.7 Å². The van der Waals surface area contributed by atoms with Gasteiger partial charge in [-0.15, -0.1) is 0 Å². The lowest BCUT2D eigenvalue weighted by molar-refractivity contribution is 0.0950. The molecule has 0 spiro atoms. The van der Waals surface area contributed by atoms with E-state index >= 15 is 0 Å². The first-order chi connectivity index (χ1) is 13.6. The molecule has 1 aliphatic heterocycles. The summed E-state index contributed by atoms with van der Waals surface area (Å²) in [6.45, 7) is 8.04. The maximum atomic E-state index is 12.7.